The van der Waals surface area contributed by atoms with E-state index in [9.17, 15) is 14.9 Å². The molecular weight excluding hydrogens is 234 g/mol. The molecule has 0 heterocycles. The van der Waals surface area contributed by atoms with Crippen molar-refractivity contribution >= 4 is 5.97 Å². The summed E-state index contributed by atoms with van der Waals surface area (Å²) < 4.78 is 5.26. The Morgan fingerprint density at radius 3 is 2.72 bits per heavy atom. The molecule has 0 bridgehead atoms. The predicted molar refractivity (Wildman–Crippen MR) is 64.8 cm³/mol. The minimum Gasteiger partial charge on any atom is -0.455 e. The van der Waals surface area contributed by atoms with E-state index in [2.05, 4.69) is 0 Å². The minimum absolute atomic E-state index is 0.115. The van der Waals surface area contributed by atoms with E-state index in [1.54, 1.807) is 36.4 Å². The fourth-order valence-electron chi connectivity index (χ4n) is 1.93. The molecule has 0 aromatic heterocycles. The lowest BCUT2D eigenvalue weighted by atomic mass is 10.1. The van der Waals surface area contributed by atoms with E-state index in [1.807, 2.05) is 6.07 Å². The highest BCUT2D eigenvalue weighted by atomic mass is 16.6. The molecule has 2 rings (SSSR count). The van der Waals surface area contributed by atoms with Crippen molar-refractivity contribution in [2.75, 3.05) is 6.54 Å². The summed E-state index contributed by atoms with van der Waals surface area (Å²) in [5.41, 5.74) is 0.489. The van der Waals surface area contributed by atoms with Crippen molar-refractivity contribution in [3.05, 3.63) is 58.2 Å². The second-order valence-corrected chi connectivity index (χ2v) is 4.21. The molecule has 0 unspecified atom stereocenters. The number of nitrogens with zero attached hydrogens (tertiary/aromatic N) is 1. The summed E-state index contributed by atoms with van der Waals surface area (Å²) in [7, 11) is 0. The molecule has 0 saturated heterocycles. The molecule has 0 radical (unpaired) electrons. The number of nitro groups is 1. The van der Waals surface area contributed by atoms with Gasteiger partial charge in [0.25, 0.3) is 0 Å². The third kappa shape index (κ3) is 3.16. The van der Waals surface area contributed by atoms with Crippen LogP contribution in [0.25, 0.3) is 0 Å². The number of hydrogen-bond acceptors (Lipinski definition) is 4. The van der Waals surface area contributed by atoms with Crippen molar-refractivity contribution in [2.24, 2.45) is 5.92 Å². The van der Waals surface area contributed by atoms with Crippen molar-refractivity contribution in [1.82, 2.24) is 0 Å². The van der Waals surface area contributed by atoms with Crippen molar-refractivity contribution in [1.29, 1.82) is 0 Å². The number of ether oxygens (including phenoxy) is 1. The van der Waals surface area contributed by atoms with Gasteiger partial charge in [-0.05, 0) is 18.2 Å². The predicted octanol–water partition coefficient (Wildman–Crippen LogP) is 2.06. The number of carbonyl (C=O) groups is 1. The molecule has 0 aliphatic heterocycles. The van der Waals surface area contributed by atoms with Crippen LogP contribution in [0.5, 0.6) is 0 Å². The first-order valence-corrected chi connectivity index (χ1v) is 5.71. The third-order valence-corrected chi connectivity index (χ3v) is 2.78. The lowest BCUT2D eigenvalue weighted by Crippen LogP contribution is -2.18. The third-order valence-electron chi connectivity index (χ3n) is 2.78. The topological polar surface area (TPSA) is 69.4 Å². The van der Waals surface area contributed by atoms with Gasteiger partial charge < -0.3 is 4.74 Å². The minimum atomic E-state index is -0.396. The van der Waals surface area contributed by atoms with Crippen molar-refractivity contribution in [2.45, 2.75) is 12.5 Å². The molecule has 0 fully saturated rings. The normalized spacial score (nSPS) is 21.8. The van der Waals surface area contributed by atoms with Crippen molar-refractivity contribution in [3.63, 3.8) is 0 Å². The summed E-state index contributed by atoms with van der Waals surface area (Å²) in [6.07, 6.45) is 3.59. The largest absolute Gasteiger partial charge is 0.455 e. The standard InChI is InChI=1S/C13H13NO4/c15-13(11-4-2-1-3-5-11)18-12-7-6-10(8-12)9-14(16)17/h1-7,10,12H,8-9H2/t10-,12+/m0/s1. The van der Waals surface area contributed by atoms with Crippen LogP contribution in [-0.2, 0) is 4.74 Å². The van der Waals surface area contributed by atoms with Crippen LogP contribution in [-0.4, -0.2) is 23.5 Å². The van der Waals surface area contributed by atoms with E-state index in [0.717, 1.165) is 0 Å². The van der Waals surface area contributed by atoms with Gasteiger partial charge in [0.05, 0.1) is 5.56 Å². The van der Waals surface area contributed by atoms with E-state index in [4.69, 9.17) is 4.74 Å². The van der Waals surface area contributed by atoms with Gasteiger partial charge in [0, 0.05) is 17.3 Å². The van der Waals surface area contributed by atoms with Crippen molar-refractivity contribution < 1.29 is 14.5 Å². The Morgan fingerprint density at radius 2 is 2.06 bits per heavy atom. The Hall–Kier alpha value is -2.17. The first-order valence-electron chi connectivity index (χ1n) is 5.71. The lowest BCUT2D eigenvalue weighted by molar-refractivity contribution is -0.486. The van der Waals surface area contributed by atoms with Gasteiger partial charge in [-0.3, -0.25) is 10.1 Å². The number of esters is 1. The summed E-state index contributed by atoms with van der Waals surface area (Å²) in [5, 5.41) is 10.4. The molecule has 1 aliphatic rings. The zero-order valence-electron chi connectivity index (χ0n) is 9.69. The Labute approximate surface area is 104 Å². The Morgan fingerprint density at radius 1 is 1.33 bits per heavy atom. The second kappa shape index (κ2) is 5.44. The van der Waals surface area contributed by atoms with Crippen LogP contribution in [0.3, 0.4) is 0 Å². The van der Waals surface area contributed by atoms with Crippen LogP contribution >= 0.6 is 0 Å². The molecule has 0 saturated carbocycles. The Balaban J connectivity index is 1.87. The Bertz CT molecular complexity index is 469. The van der Waals surface area contributed by atoms with Gasteiger partial charge in [0.2, 0.25) is 6.54 Å². The number of hydrogen-bond donors (Lipinski definition) is 0. The Kier molecular flexibility index (Phi) is 3.72. The highest BCUT2D eigenvalue weighted by Crippen LogP contribution is 2.21. The molecule has 2 atom stereocenters. The van der Waals surface area contributed by atoms with Gasteiger partial charge in [-0.2, -0.15) is 0 Å². The van der Waals surface area contributed by atoms with Crippen LogP contribution < -0.4 is 0 Å². The first kappa shape index (κ1) is 12.3. The van der Waals surface area contributed by atoms with Crippen LogP contribution in [0, 0.1) is 16.0 Å². The zero-order valence-corrected chi connectivity index (χ0v) is 9.69. The van der Waals surface area contributed by atoms with E-state index < -0.39 is 5.97 Å². The average Bonchev–Trinajstić information content (AvgIpc) is 2.76. The van der Waals surface area contributed by atoms with Crippen molar-refractivity contribution in [3.8, 4) is 0 Å². The molecule has 1 aliphatic carbocycles. The van der Waals surface area contributed by atoms with E-state index in [0.29, 0.717) is 12.0 Å². The summed E-state index contributed by atoms with van der Waals surface area (Å²) in [5.74, 6) is -0.541. The molecule has 0 N–H and O–H groups in total. The number of benzene rings is 1. The highest BCUT2D eigenvalue weighted by molar-refractivity contribution is 5.89. The molecule has 1 aromatic carbocycles. The van der Waals surface area contributed by atoms with E-state index >= 15 is 0 Å². The first-order chi connectivity index (χ1) is 8.65. The monoisotopic (exact) mass is 247 g/mol. The molecule has 5 nitrogen and oxygen atoms in total. The van der Waals surface area contributed by atoms with Crippen LogP contribution in [0.15, 0.2) is 42.5 Å². The summed E-state index contributed by atoms with van der Waals surface area (Å²) >= 11 is 0. The average molecular weight is 247 g/mol. The molecule has 1 aromatic rings. The molecular formula is C13H13NO4. The highest BCUT2D eigenvalue weighted by Gasteiger charge is 2.25. The van der Waals surface area contributed by atoms with Gasteiger partial charge in [0.15, 0.2) is 0 Å². The molecule has 18 heavy (non-hydrogen) atoms. The molecule has 0 spiro atoms. The summed E-state index contributed by atoms with van der Waals surface area (Å²) in [6, 6.07) is 8.69. The smallest absolute Gasteiger partial charge is 0.338 e. The maximum Gasteiger partial charge on any atom is 0.338 e. The quantitative estimate of drug-likeness (QED) is 0.353. The SMILES string of the molecule is O=C(O[C@@H]1C=C[C@H](C[N+](=O)[O-])C1)c1ccccc1. The van der Waals surface area contributed by atoms with Gasteiger partial charge in [-0.25, -0.2) is 4.79 Å². The van der Waals surface area contributed by atoms with E-state index in [1.165, 1.54) is 0 Å². The van der Waals surface area contributed by atoms with Gasteiger partial charge in [-0.15, -0.1) is 0 Å². The fourth-order valence-corrected chi connectivity index (χ4v) is 1.93. The maximum absolute atomic E-state index is 11.7. The van der Waals surface area contributed by atoms with Gasteiger partial charge in [0.1, 0.15) is 6.10 Å². The summed E-state index contributed by atoms with van der Waals surface area (Å²) in [6.45, 7) is -0.115. The second-order valence-electron chi connectivity index (χ2n) is 4.21. The van der Waals surface area contributed by atoms with Crippen LogP contribution in [0.4, 0.5) is 0 Å². The van der Waals surface area contributed by atoms with Gasteiger partial charge >= 0.3 is 5.97 Å². The van der Waals surface area contributed by atoms with E-state index in [-0.39, 0.29) is 23.5 Å². The zero-order chi connectivity index (χ0) is 13.0. The van der Waals surface area contributed by atoms with Gasteiger partial charge in [-0.1, -0.05) is 24.3 Å². The van der Waals surface area contributed by atoms with Crippen LogP contribution in [0.1, 0.15) is 16.8 Å². The van der Waals surface area contributed by atoms with Crippen LogP contribution in [0.2, 0.25) is 0 Å². The number of carbonyl (C=O) groups excluding carboxylic acids is 1. The molecule has 94 valence electrons. The lowest BCUT2D eigenvalue weighted by Gasteiger charge is -2.11. The fraction of sp³-hybridized carbons (Fsp3) is 0.308. The molecule has 5 heteroatoms. The number of rotatable bonds is 4. The summed E-state index contributed by atoms with van der Waals surface area (Å²) in [4.78, 5) is 21.8. The molecule has 0 amide bonds. The maximum atomic E-state index is 11.7.